The van der Waals surface area contributed by atoms with Crippen molar-refractivity contribution in [2.75, 3.05) is 11.9 Å². The highest BCUT2D eigenvalue weighted by molar-refractivity contribution is 6.02. The number of likely N-dealkylation sites (tertiary alicyclic amines) is 1. The molecule has 4 rings (SSSR count). The van der Waals surface area contributed by atoms with E-state index in [4.69, 9.17) is 0 Å². The Morgan fingerprint density at radius 3 is 2.65 bits per heavy atom. The molecule has 8 nitrogen and oxygen atoms in total. The van der Waals surface area contributed by atoms with E-state index in [2.05, 4.69) is 20.6 Å². The van der Waals surface area contributed by atoms with Gasteiger partial charge in [0.15, 0.2) is 5.82 Å². The van der Waals surface area contributed by atoms with E-state index in [1.165, 1.54) is 19.1 Å². The van der Waals surface area contributed by atoms with E-state index in [1.54, 1.807) is 21.7 Å². The Morgan fingerprint density at radius 2 is 1.97 bits per heavy atom. The van der Waals surface area contributed by atoms with Crippen molar-refractivity contribution in [2.45, 2.75) is 71.6 Å². The molecule has 0 aliphatic carbocycles. The van der Waals surface area contributed by atoms with Crippen LogP contribution in [0.15, 0.2) is 30.3 Å². The predicted octanol–water partition coefficient (Wildman–Crippen LogP) is 5.70. The van der Waals surface area contributed by atoms with Crippen LogP contribution in [-0.4, -0.2) is 43.2 Å². The molecule has 1 aromatic carbocycles. The van der Waals surface area contributed by atoms with Gasteiger partial charge in [-0.3, -0.25) is 19.4 Å². The number of benzene rings is 1. The Morgan fingerprint density at radius 1 is 1.22 bits per heavy atom. The molecule has 3 aromatic rings. The maximum Gasteiger partial charge on any atom is 0.416 e. The molecule has 2 N–H and O–H groups in total. The number of alkyl halides is 3. The van der Waals surface area contributed by atoms with Crippen LogP contribution < -0.4 is 5.32 Å². The third-order valence-corrected chi connectivity index (χ3v) is 6.75. The summed E-state index contributed by atoms with van der Waals surface area (Å²) in [5.74, 6) is -0.341. The monoisotopic (exact) mass is 516 g/mol. The van der Waals surface area contributed by atoms with Gasteiger partial charge in [-0.1, -0.05) is 19.9 Å². The lowest BCUT2D eigenvalue weighted by molar-refractivity contribution is -0.138. The molecule has 1 unspecified atom stereocenters. The largest absolute Gasteiger partial charge is 0.416 e. The summed E-state index contributed by atoms with van der Waals surface area (Å²) >= 11 is 0. The molecule has 3 heterocycles. The number of anilines is 1. The minimum atomic E-state index is -4.54. The third kappa shape index (κ3) is 5.40. The number of carbonyl (C=O) groups is 2. The second-order valence-corrected chi connectivity index (χ2v) is 9.57. The van der Waals surface area contributed by atoms with Crippen LogP contribution >= 0.6 is 0 Å². The van der Waals surface area contributed by atoms with Gasteiger partial charge in [0, 0.05) is 24.7 Å². The first-order chi connectivity index (χ1) is 17.5. The van der Waals surface area contributed by atoms with E-state index >= 15 is 0 Å². The summed E-state index contributed by atoms with van der Waals surface area (Å²) in [6.07, 6.45) is -2.32. The highest BCUT2D eigenvalue weighted by atomic mass is 19.4. The fraction of sp³-hybridized carbons (Fsp3) is 0.462. The molecule has 0 bridgehead atoms. The van der Waals surface area contributed by atoms with Gasteiger partial charge in [-0.15, -0.1) is 0 Å². The summed E-state index contributed by atoms with van der Waals surface area (Å²) < 4.78 is 41.9. The Hall–Kier alpha value is -3.63. The lowest BCUT2D eigenvalue weighted by Gasteiger charge is -2.35. The van der Waals surface area contributed by atoms with Crippen molar-refractivity contribution in [2.24, 2.45) is 0 Å². The zero-order valence-corrected chi connectivity index (χ0v) is 21.3. The highest BCUT2D eigenvalue weighted by Crippen LogP contribution is 2.36. The van der Waals surface area contributed by atoms with Gasteiger partial charge in [0.1, 0.15) is 5.69 Å². The zero-order valence-electron chi connectivity index (χ0n) is 21.3. The van der Waals surface area contributed by atoms with E-state index in [0.717, 1.165) is 24.6 Å². The molecule has 1 aliphatic rings. The number of nitrogens with one attached hydrogen (secondary N) is 2. The second-order valence-electron chi connectivity index (χ2n) is 9.57. The number of hydrogen-bond donors (Lipinski definition) is 2. The molecular weight excluding hydrogens is 485 g/mol. The van der Waals surface area contributed by atoms with Crippen molar-refractivity contribution in [1.29, 1.82) is 0 Å². The number of rotatable bonds is 6. The molecule has 0 saturated carbocycles. The molecule has 198 valence electrons. The molecule has 1 fully saturated rings. The summed E-state index contributed by atoms with van der Waals surface area (Å²) in [7, 11) is 0. The lowest BCUT2D eigenvalue weighted by Crippen LogP contribution is -2.39. The molecule has 2 aromatic heterocycles. The summed E-state index contributed by atoms with van der Waals surface area (Å²) in [6, 6.07) is 6.70. The van der Waals surface area contributed by atoms with Gasteiger partial charge in [-0.25, -0.2) is 0 Å². The fourth-order valence-corrected chi connectivity index (χ4v) is 4.72. The van der Waals surface area contributed by atoms with E-state index < -0.39 is 23.7 Å². The molecule has 37 heavy (non-hydrogen) atoms. The number of amides is 2. The summed E-state index contributed by atoms with van der Waals surface area (Å²) in [6.45, 7) is 8.18. The average molecular weight is 517 g/mol. The predicted molar refractivity (Wildman–Crippen MR) is 132 cm³/mol. The van der Waals surface area contributed by atoms with E-state index in [0.29, 0.717) is 36.7 Å². The lowest BCUT2D eigenvalue weighted by atomic mass is 9.95. The van der Waals surface area contributed by atoms with Gasteiger partial charge in [-0.05, 0) is 62.8 Å². The minimum absolute atomic E-state index is 0.0311. The number of aryl methyl sites for hydroxylation is 1. The van der Waals surface area contributed by atoms with Crippen molar-refractivity contribution in [1.82, 2.24) is 24.9 Å². The maximum atomic E-state index is 13.4. The van der Waals surface area contributed by atoms with Crippen molar-refractivity contribution in [3.8, 4) is 0 Å². The summed E-state index contributed by atoms with van der Waals surface area (Å²) in [4.78, 5) is 28.0. The van der Waals surface area contributed by atoms with E-state index in [-0.39, 0.29) is 23.0 Å². The first kappa shape index (κ1) is 26.4. The van der Waals surface area contributed by atoms with Crippen molar-refractivity contribution >= 4 is 17.6 Å². The van der Waals surface area contributed by atoms with Crippen molar-refractivity contribution in [3.05, 3.63) is 64.1 Å². The molecule has 1 atom stereocenters. The van der Waals surface area contributed by atoms with E-state index in [1.807, 2.05) is 20.8 Å². The number of halogens is 3. The molecule has 11 heteroatoms. The molecule has 0 radical (unpaired) electrons. The van der Waals surface area contributed by atoms with Gasteiger partial charge in [0.05, 0.1) is 23.0 Å². The summed E-state index contributed by atoms with van der Waals surface area (Å²) in [5, 5.41) is 14.4. The standard InChI is InChI=1S/C26H31F3N6O2/c1-5-35-22(13-19(33-35)15(2)3)24(36)30-23-14-20(31-32-23)21-11-6-7-12-34(21)25(37)17-9-8-10-18(16(17)4)26(27,28)29/h8-10,13-15,21H,5-7,11-12H2,1-4H3,(H2,30,31,32,36). The highest BCUT2D eigenvalue weighted by Gasteiger charge is 2.36. The SMILES string of the molecule is CCn1nc(C(C)C)cc1C(=O)Nc1cc(C2CCCCN2C(=O)c2cccc(C(F)(F)F)c2C)[nH]n1. The Bertz CT molecular complexity index is 1290. The Labute approximate surface area is 213 Å². The molecule has 1 saturated heterocycles. The van der Waals surface area contributed by atoms with E-state index in [9.17, 15) is 22.8 Å². The molecule has 1 aliphatic heterocycles. The van der Waals surface area contributed by atoms with Gasteiger partial charge in [0.25, 0.3) is 11.8 Å². The van der Waals surface area contributed by atoms with Crippen LogP contribution in [0.1, 0.15) is 95.4 Å². The van der Waals surface area contributed by atoms with Crippen molar-refractivity contribution < 1.29 is 22.8 Å². The molecule has 2 amide bonds. The van der Waals surface area contributed by atoms with Gasteiger partial charge >= 0.3 is 6.18 Å². The number of H-pyrrole nitrogens is 1. The smallest absolute Gasteiger partial charge is 0.330 e. The first-order valence-electron chi connectivity index (χ1n) is 12.4. The first-order valence-corrected chi connectivity index (χ1v) is 12.4. The minimum Gasteiger partial charge on any atom is -0.330 e. The molecular formula is C26H31F3N6O2. The second kappa shape index (κ2) is 10.4. The van der Waals surface area contributed by atoms with Crippen LogP contribution in [0.4, 0.5) is 19.0 Å². The normalized spacial score (nSPS) is 16.3. The fourth-order valence-electron chi connectivity index (χ4n) is 4.72. The van der Waals surface area contributed by atoms with Gasteiger partial charge in [0.2, 0.25) is 0 Å². The third-order valence-electron chi connectivity index (χ3n) is 6.75. The number of aromatic amines is 1. The number of piperidine rings is 1. The van der Waals surface area contributed by atoms with Crippen LogP contribution in [-0.2, 0) is 12.7 Å². The van der Waals surface area contributed by atoms with Crippen LogP contribution in [0.25, 0.3) is 0 Å². The van der Waals surface area contributed by atoms with Crippen LogP contribution in [0.2, 0.25) is 0 Å². The van der Waals surface area contributed by atoms with Gasteiger partial charge < -0.3 is 10.2 Å². The van der Waals surface area contributed by atoms with Crippen molar-refractivity contribution in [3.63, 3.8) is 0 Å². The van der Waals surface area contributed by atoms with Crippen LogP contribution in [0.5, 0.6) is 0 Å². The number of hydrogen-bond acceptors (Lipinski definition) is 4. The van der Waals surface area contributed by atoms with Gasteiger partial charge in [-0.2, -0.15) is 23.4 Å². The molecule has 0 spiro atoms. The zero-order chi connectivity index (χ0) is 26.9. The summed E-state index contributed by atoms with van der Waals surface area (Å²) in [5.41, 5.74) is 0.977. The average Bonchev–Trinajstić information content (AvgIpc) is 3.50. The number of carbonyl (C=O) groups excluding carboxylic acids is 2. The number of nitrogens with zero attached hydrogens (tertiary/aromatic N) is 4. The Balaban J connectivity index is 1.56. The topological polar surface area (TPSA) is 95.9 Å². The number of aromatic nitrogens is 4. The quantitative estimate of drug-likeness (QED) is 0.440. The maximum absolute atomic E-state index is 13.4. The Kier molecular flexibility index (Phi) is 7.42. The van der Waals surface area contributed by atoms with Crippen LogP contribution in [0, 0.1) is 6.92 Å². The van der Waals surface area contributed by atoms with Crippen LogP contribution in [0.3, 0.4) is 0 Å².